The molecule has 0 saturated carbocycles. The van der Waals surface area contributed by atoms with Crippen LogP contribution >= 0.6 is 0 Å². The van der Waals surface area contributed by atoms with Crippen LogP contribution in [0.2, 0.25) is 5.04 Å². The van der Waals surface area contributed by atoms with Gasteiger partial charge < -0.3 is 14.3 Å². The second-order valence-corrected chi connectivity index (χ2v) is 14.7. The van der Waals surface area contributed by atoms with Crippen LogP contribution in [-0.2, 0) is 18.8 Å². The molecule has 0 aromatic heterocycles. The van der Waals surface area contributed by atoms with Gasteiger partial charge in [-0.1, -0.05) is 112 Å². The standard InChI is InChI=1S/C30H34O5Si/c1-30(2,3)36(23-16-9-5-10-17-23,24-18-11-6-12-19-24)34-21-13-20-25-26(22-14-7-4-8-15-22)27(28(31)32)29(33)35-25/h4-12,14-19,25-27H,13,20-21H2,1-3H3,(H,31,32)/t25-,26-,27?/m1/s1. The normalized spacial score (nSPS) is 20.2. The number of carboxylic acid groups (broad SMARTS) is 1. The lowest BCUT2D eigenvalue weighted by Crippen LogP contribution is -2.66. The van der Waals surface area contributed by atoms with Gasteiger partial charge in [-0.15, -0.1) is 0 Å². The predicted octanol–water partition coefficient (Wildman–Crippen LogP) is 4.75. The van der Waals surface area contributed by atoms with Crippen LogP contribution in [0.25, 0.3) is 0 Å². The minimum Gasteiger partial charge on any atom is -0.481 e. The van der Waals surface area contributed by atoms with Crippen molar-refractivity contribution in [2.75, 3.05) is 6.61 Å². The molecule has 1 aliphatic rings. The fourth-order valence-corrected chi connectivity index (χ4v) is 10.1. The van der Waals surface area contributed by atoms with E-state index in [0.29, 0.717) is 19.4 Å². The van der Waals surface area contributed by atoms with Crippen molar-refractivity contribution in [1.29, 1.82) is 0 Å². The van der Waals surface area contributed by atoms with E-state index in [-0.39, 0.29) is 5.04 Å². The van der Waals surface area contributed by atoms with Crippen LogP contribution in [0.5, 0.6) is 0 Å². The zero-order valence-electron chi connectivity index (χ0n) is 21.1. The smallest absolute Gasteiger partial charge is 0.321 e. The summed E-state index contributed by atoms with van der Waals surface area (Å²) in [6.07, 6.45) is 0.689. The van der Waals surface area contributed by atoms with E-state index in [1.54, 1.807) is 0 Å². The van der Waals surface area contributed by atoms with Gasteiger partial charge in [-0.25, -0.2) is 0 Å². The first kappa shape index (κ1) is 25.9. The third-order valence-corrected chi connectivity index (χ3v) is 12.1. The highest BCUT2D eigenvalue weighted by atomic mass is 28.4. The quantitative estimate of drug-likeness (QED) is 0.198. The van der Waals surface area contributed by atoms with Crippen molar-refractivity contribution >= 4 is 30.6 Å². The van der Waals surface area contributed by atoms with Crippen molar-refractivity contribution in [3.8, 4) is 0 Å². The van der Waals surface area contributed by atoms with Gasteiger partial charge in [0.15, 0.2) is 5.92 Å². The molecule has 3 aromatic carbocycles. The topological polar surface area (TPSA) is 72.8 Å². The highest BCUT2D eigenvalue weighted by molar-refractivity contribution is 6.99. The zero-order valence-corrected chi connectivity index (χ0v) is 22.1. The van der Waals surface area contributed by atoms with E-state index in [2.05, 4.69) is 69.3 Å². The molecule has 1 heterocycles. The minimum absolute atomic E-state index is 0.128. The maximum Gasteiger partial charge on any atom is 0.321 e. The Bertz CT molecular complexity index is 1120. The third kappa shape index (κ3) is 5.01. The van der Waals surface area contributed by atoms with Crippen molar-refractivity contribution in [3.63, 3.8) is 0 Å². The Balaban J connectivity index is 1.57. The number of rotatable bonds is 9. The summed E-state index contributed by atoms with van der Waals surface area (Å²) in [7, 11) is -2.65. The highest BCUT2D eigenvalue weighted by Gasteiger charge is 2.51. The van der Waals surface area contributed by atoms with Crippen molar-refractivity contribution in [1.82, 2.24) is 0 Å². The number of benzene rings is 3. The summed E-state index contributed by atoms with van der Waals surface area (Å²) in [5.41, 5.74) is 0.814. The number of hydrogen-bond acceptors (Lipinski definition) is 4. The average Bonchev–Trinajstić information content (AvgIpc) is 3.21. The fourth-order valence-electron chi connectivity index (χ4n) is 5.50. The molecule has 0 spiro atoms. The number of aliphatic carboxylic acids is 1. The van der Waals surface area contributed by atoms with Gasteiger partial charge in [0.25, 0.3) is 8.32 Å². The first-order valence-electron chi connectivity index (χ1n) is 12.5. The van der Waals surface area contributed by atoms with E-state index < -0.39 is 38.2 Å². The number of carboxylic acids is 1. The number of esters is 1. The summed E-state index contributed by atoms with van der Waals surface area (Å²) in [4.78, 5) is 24.4. The number of carbonyl (C=O) groups is 2. The van der Waals surface area contributed by atoms with Crippen molar-refractivity contribution in [2.45, 2.75) is 50.7 Å². The van der Waals surface area contributed by atoms with Gasteiger partial charge in [0, 0.05) is 12.5 Å². The molecule has 5 nitrogen and oxygen atoms in total. The fraction of sp³-hybridized carbons (Fsp3) is 0.333. The molecule has 0 radical (unpaired) electrons. The molecule has 188 valence electrons. The Morgan fingerprint density at radius 2 is 1.39 bits per heavy atom. The first-order valence-corrected chi connectivity index (χ1v) is 14.4. The van der Waals surface area contributed by atoms with Crippen molar-refractivity contribution in [2.24, 2.45) is 5.92 Å². The lowest BCUT2D eigenvalue weighted by atomic mass is 9.83. The van der Waals surface area contributed by atoms with Gasteiger partial charge in [0.05, 0.1) is 0 Å². The molecular weight excluding hydrogens is 468 g/mol. The van der Waals surface area contributed by atoms with Gasteiger partial charge in [0.1, 0.15) is 6.10 Å². The maximum atomic E-state index is 12.5. The predicted molar refractivity (Wildman–Crippen MR) is 143 cm³/mol. The number of carbonyl (C=O) groups excluding carboxylic acids is 1. The SMILES string of the molecule is CC(C)(C)[Si](OCCC[C@H]1OC(=O)C(C(=O)O)[C@@H]1c1ccccc1)(c1ccccc1)c1ccccc1. The molecule has 6 heteroatoms. The molecule has 1 saturated heterocycles. The molecule has 3 atom stereocenters. The lowest BCUT2D eigenvalue weighted by molar-refractivity contribution is -0.153. The largest absolute Gasteiger partial charge is 0.481 e. The first-order chi connectivity index (χ1) is 17.3. The van der Waals surface area contributed by atoms with E-state index >= 15 is 0 Å². The number of cyclic esters (lactones) is 1. The Labute approximate surface area is 214 Å². The summed E-state index contributed by atoms with van der Waals surface area (Å²) < 4.78 is 12.6. The Morgan fingerprint density at radius 1 is 0.889 bits per heavy atom. The van der Waals surface area contributed by atoms with E-state index in [1.165, 1.54) is 10.4 Å². The van der Waals surface area contributed by atoms with Crippen LogP contribution in [0, 0.1) is 5.92 Å². The van der Waals surface area contributed by atoms with Crippen molar-refractivity contribution < 1.29 is 23.9 Å². The molecule has 4 rings (SSSR count). The van der Waals surface area contributed by atoms with E-state index in [9.17, 15) is 14.7 Å². The molecule has 0 amide bonds. The number of ether oxygens (including phenoxy) is 1. The monoisotopic (exact) mass is 502 g/mol. The molecule has 0 bridgehead atoms. The van der Waals surface area contributed by atoms with Crippen LogP contribution in [0.3, 0.4) is 0 Å². The second-order valence-electron chi connectivity index (χ2n) is 10.4. The van der Waals surface area contributed by atoms with E-state index in [1.807, 2.05) is 42.5 Å². The third-order valence-electron chi connectivity index (χ3n) is 7.10. The van der Waals surface area contributed by atoms with E-state index in [4.69, 9.17) is 9.16 Å². The molecule has 1 fully saturated rings. The van der Waals surface area contributed by atoms with Crippen LogP contribution in [0.4, 0.5) is 0 Å². The summed E-state index contributed by atoms with van der Waals surface area (Å²) in [6, 6.07) is 30.3. The molecule has 1 unspecified atom stereocenters. The van der Waals surface area contributed by atoms with Gasteiger partial charge >= 0.3 is 11.9 Å². The summed E-state index contributed by atoms with van der Waals surface area (Å²) in [6.45, 7) is 7.20. The van der Waals surface area contributed by atoms with Crippen LogP contribution < -0.4 is 10.4 Å². The van der Waals surface area contributed by atoms with Gasteiger partial charge in [-0.3, -0.25) is 9.59 Å². The van der Waals surface area contributed by atoms with Crippen molar-refractivity contribution in [3.05, 3.63) is 96.6 Å². The lowest BCUT2D eigenvalue weighted by Gasteiger charge is -2.43. The summed E-state index contributed by atoms with van der Waals surface area (Å²) in [5, 5.41) is 12.0. The molecule has 0 aliphatic carbocycles. The Hall–Kier alpha value is -3.22. The second kappa shape index (κ2) is 10.8. The number of hydrogen-bond donors (Lipinski definition) is 1. The van der Waals surface area contributed by atoms with Crippen LogP contribution in [-0.4, -0.2) is 38.1 Å². The molecular formula is C30H34O5Si. The van der Waals surface area contributed by atoms with Gasteiger partial charge in [-0.2, -0.15) is 0 Å². The highest BCUT2D eigenvalue weighted by Crippen LogP contribution is 2.40. The minimum atomic E-state index is -2.65. The summed E-state index contributed by atoms with van der Waals surface area (Å²) in [5.74, 6) is -3.49. The van der Waals surface area contributed by atoms with Crippen LogP contribution in [0.1, 0.15) is 45.1 Å². The molecule has 1 N–H and O–H groups in total. The molecule has 36 heavy (non-hydrogen) atoms. The van der Waals surface area contributed by atoms with Gasteiger partial charge in [0.2, 0.25) is 0 Å². The zero-order chi connectivity index (χ0) is 25.8. The Morgan fingerprint density at radius 3 is 1.86 bits per heavy atom. The molecule has 3 aromatic rings. The molecule has 1 aliphatic heterocycles. The van der Waals surface area contributed by atoms with Crippen LogP contribution in [0.15, 0.2) is 91.0 Å². The Kier molecular flexibility index (Phi) is 7.76. The van der Waals surface area contributed by atoms with E-state index in [0.717, 1.165) is 5.56 Å². The van der Waals surface area contributed by atoms with Gasteiger partial charge in [-0.05, 0) is 33.8 Å². The average molecular weight is 503 g/mol. The maximum absolute atomic E-state index is 12.5. The summed E-state index contributed by atoms with van der Waals surface area (Å²) >= 11 is 0.